The maximum Gasteiger partial charge on any atom is 0.335 e. The number of amides is 1. The van der Waals surface area contributed by atoms with E-state index in [2.05, 4.69) is 0 Å². The average Bonchev–Trinajstić information content (AvgIpc) is 3.10. The largest absolute Gasteiger partial charge is 0.454 e. The number of hydrogen-bond donors (Lipinski definition) is 0. The Kier molecular flexibility index (Phi) is 6.45. The third-order valence-corrected chi connectivity index (χ3v) is 5.30. The topological polar surface area (TPSA) is 65.1 Å². The fraction of sp³-hybridized carbons (Fsp3) is 0.667. The molecule has 0 spiro atoms. The Morgan fingerprint density at radius 1 is 1.40 bits per heavy atom. The van der Waals surface area contributed by atoms with Gasteiger partial charge in [-0.15, -0.1) is 11.3 Å². The fourth-order valence-corrected chi connectivity index (χ4v) is 3.51. The van der Waals surface area contributed by atoms with Gasteiger partial charge in [-0.25, -0.2) is 4.79 Å². The van der Waals surface area contributed by atoms with Crippen molar-refractivity contribution in [1.29, 1.82) is 0 Å². The molecule has 1 aromatic heterocycles. The Hall–Kier alpha value is -1.44. The van der Waals surface area contributed by atoms with E-state index >= 15 is 0 Å². The Balaban J connectivity index is 1.41. The number of esters is 1. The zero-order valence-corrected chi connectivity index (χ0v) is 15.3. The predicted molar refractivity (Wildman–Crippen MR) is 93.2 cm³/mol. The van der Waals surface area contributed by atoms with Crippen LogP contribution in [0.4, 0.5) is 0 Å². The molecule has 7 heteroatoms. The van der Waals surface area contributed by atoms with Gasteiger partial charge in [0.2, 0.25) is 0 Å². The monoisotopic (exact) mass is 367 g/mol. The Morgan fingerprint density at radius 3 is 2.88 bits per heavy atom. The first-order valence-electron chi connectivity index (χ1n) is 8.85. The summed E-state index contributed by atoms with van der Waals surface area (Å²) in [6, 6.07) is 4.27. The highest BCUT2D eigenvalue weighted by molar-refractivity contribution is 7.09. The molecule has 2 aliphatic rings. The van der Waals surface area contributed by atoms with Crippen molar-refractivity contribution in [3.05, 3.63) is 22.4 Å². The molecule has 138 valence electrons. The second-order valence-corrected chi connectivity index (χ2v) is 7.58. The maximum atomic E-state index is 12.4. The van der Waals surface area contributed by atoms with E-state index in [0.717, 1.165) is 37.2 Å². The van der Waals surface area contributed by atoms with Crippen LogP contribution in [0.25, 0.3) is 0 Å². The molecule has 1 saturated carbocycles. The molecule has 0 bridgehead atoms. The molecule has 2 unspecified atom stereocenters. The molecule has 2 atom stereocenters. The molecule has 0 radical (unpaired) electrons. The summed E-state index contributed by atoms with van der Waals surface area (Å²) in [6.07, 6.45) is 3.40. The number of rotatable bonds is 9. The first-order chi connectivity index (χ1) is 12.1. The molecule has 1 aliphatic heterocycles. The quantitative estimate of drug-likeness (QED) is 0.627. The lowest BCUT2D eigenvalue weighted by molar-refractivity contribution is -0.163. The van der Waals surface area contributed by atoms with Crippen molar-refractivity contribution in [3.63, 3.8) is 0 Å². The minimum absolute atomic E-state index is 0.0630. The summed E-state index contributed by atoms with van der Waals surface area (Å²) in [5, 5.41) is 2.00. The van der Waals surface area contributed by atoms with Crippen LogP contribution in [0.2, 0.25) is 0 Å². The van der Waals surface area contributed by atoms with E-state index in [1.807, 2.05) is 22.4 Å². The van der Waals surface area contributed by atoms with Crippen molar-refractivity contribution in [2.75, 3.05) is 19.8 Å². The molecular weight excluding hydrogens is 342 g/mol. The van der Waals surface area contributed by atoms with Crippen LogP contribution in [0.15, 0.2) is 17.5 Å². The van der Waals surface area contributed by atoms with Crippen molar-refractivity contribution in [2.24, 2.45) is 0 Å². The zero-order valence-electron chi connectivity index (χ0n) is 14.5. The maximum absolute atomic E-state index is 12.4. The van der Waals surface area contributed by atoms with Gasteiger partial charge < -0.3 is 19.1 Å². The second-order valence-electron chi connectivity index (χ2n) is 6.55. The number of carbonyl (C=O) groups is 2. The molecular formula is C18H25NO5S. The van der Waals surface area contributed by atoms with Crippen LogP contribution in [-0.4, -0.2) is 54.8 Å². The van der Waals surface area contributed by atoms with Gasteiger partial charge in [-0.3, -0.25) is 4.79 Å². The first-order valence-corrected chi connectivity index (χ1v) is 9.73. The molecule has 0 aromatic carbocycles. The highest BCUT2D eigenvalue weighted by Crippen LogP contribution is 2.29. The van der Waals surface area contributed by atoms with Crippen LogP contribution in [-0.2, 0) is 30.3 Å². The minimum Gasteiger partial charge on any atom is -0.454 e. The van der Waals surface area contributed by atoms with Crippen LogP contribution in [0, 0.1) is 0 Å². The lowest BCUT2D eigenvalue weighted by Gasteiger charge is -2.22. The molecule has 1 saturated heterocycles. The normalized spacial score (nSPS) is 21.1. The number of carbonyl (C=O) groups excluding carboxylic acids is 2. The number of hydrogen-bond acceptors (Lipinski definition) is 6. The average molecular weight is 367 g/mol. The van der Waals surface area contributed by atoms with E-state index in [9.17, 15) is 9.59 Å². The highest BCUT2D eigenvalue weighted by atomic mass is 32.1. The predicted octanol–water partition coefficient (Wildman–Crippen LogP) is 2.37. The summed E-state index contributed by atoms with van der Waals surface area (Å²) in [7, 11) is 0. The van der Waals surface area contributed by atoms with Gasteiger partial charge in [0.15, 0.2) is 12.7 Å². The van der Waals surface area contributed by atoms with Crippen molar-refractivity contribution in [2.45, 2.75) is 57.4 Å². The summed E-state index contributed by atoms with van der Waals surface area (Å²) in [5.74, 6) is -0.645. The summed E-state index contributed by atoms with van der Waals surface area (Å²) in [6.45, 7) is 3.14. The fourth-order valence-electron chi connectivity index (χ4n) is 2.81. The number of thiophene rings is 1. The van der Waals surface area contributed by atoms with Gasteiger partial charge in [-0.2, -0.15) is 0 Å². The van der Waals surface area contributed by atoms with E-state index in [-0.39, 0.29) is 24.7 Å². The lowest BCUT2D eigenvalue weighted by atomic mass is 10.2. The zero-order chi connectivity index (χ0) is 17.6. The van der Waals surface area contributed by atoms with E-state index in [1.54, 1.807) is 18.3 Å². The Labute approximate surface area is 152 Å². The van der Waals surface area contributed by atoms with Gasteiger partial charge >= 0.3 is 5.97 Å². The molecule has 25 heavy (non-hydrogen) atoms. The SMILES string of the molecule is CC(OCC1CCCO1)C(=O)OCC(=O)N(Cc1cccs1)C1CC1. The first kappa shape index (κ1) is 18.4. The van der Waals surface area contributed by atoms with Gasteiger partial charge in [0.05, 0.1) is 19.3 Å². The highest BCUT2D eigenvalue weighted by Gasteiger charge is 2.33. The van der Waals surface area contributed by atoms with Crippen molar-refractivity contribution < 1.29 is 23.8 Å². The molecule has 0 N–H and O–H groups in total. The Morgan fingerprint density at radius 2 is 2.24 bits per heavy atom. The van der Waals surface area contributed by atoms with Gasteiger partial charge in [0, 0.05) is 17.5 Å². The number of ether oxygens (including phenoxy) is 3. The molecule has 6 nitrogen and oxygen atoms in total. The van der Waals surface area contributed by atoms with Crippen LogP contribution in [0.1, 0.15) is 37.5 Å². The molecule has 3 rings (SSSR count). The second kappa shape index (κ2) is 8.78. The summed E-state index contributed by atoms with van der Waals surface area (Å²) in [5.41, 5.74) is 0. The molecule has 1 amide bonds. The standard InChI is InChI=1S/C18H25NO5S/c1-13(23-11-15-4-2-8-22-15)18(21)24-12-17(20)19(14-6-7-14)10-16-5-3-9-25-16/h3,5,9,13-15H,2,4,6-8,10-12H2,1H3. The van der Waals surface area contributed by atoms with E-state index < -0.39 is 12.1 Å². The van der Waals surface area contributed by atoms with Crippen molar-refractivity contribution >= 4 is 23.2 Å². The van der Waals surface area contributed by atoms with Gasteiger partial charge in [0.25, 0.3) is 5.91 Å². The summed E-state index contributed by atoms with van der Waals surface area (Å²) >= 11 is 1.63. The van der Waals surface area contributed by atoms with Gasteiger partial charge in [-0.05, 0) is 44.1 Å². The van der Waals surface area contributed by atoms with Crippen molar-refractivity contribution in [1.82, 2.24) is 4.90 Å². The van der Waals surface area contributed by atoms with Crippen LogP contribution in [0.3, 0.4) is 0 Å². The lowest BCUT2D eigenvalue weighted by Crippen LogP contribution is -2.37. The third-order valence-electron chi connectivity index (χ3n) is 4.44. The Bertz CT molecular complexity index is 566. The smallest absolute Gasteiger partial charge is 0.335 e. The minimum atomic E-state index is -0.691. The molecule has 1 aliphatic carbocycles. The summed E-state index contributed by atoms with van der Waals surface area (Å²) < 4.78 is 16.1. The molecule has 1 aromatic rings. The van der Waals surface area contributed by atoms with Gasteiger partial charge in [0.1, 0.15) is 0 Å². The van der Waals surface area contributed by atoms with E-state index in [4.69, 9.17) is 14.2 Å². The van der Waals surface area contributed by atoms with Crippen LogP contribution in [0.5, 0.6) is 0 Å². The van der Waals surface area contributed by atoms with Crippen LogP contribution < -0.4 is 0 Å². The summed E-state index contributed by atoms with van der Waals surface area (Å²) in [4.78, 5) is 27.4. The van der Waals surface area contributed by atoms with Crippen molar-refractivity contribution in [3.8, 4) is 0 Å². The van der Waals surface area contributed by atoms with E-state index in [0.29, 0.717) is 13.2 Å². The van der Waals surface area contributed by atoms with Crippen LogP contribution >= 0.6 is 11.3 Å². The van der Waals surface area contributed by atoms with Gasteiger partial charge in [-0.1, -0.05) is 6.07 Å². The van der Waals surface area contributed by atoms with E-state index in [1.165, 1.54) is 0 Å². The molecule has 2 fully saturated rings. The molecule has 2 heterocycles. The third kappa shape index (κ3) is 5.52. The number of nitrogens with zero attached hydrogens (tertiary/aromatic N) is 1.